The van der Waals surface area contributed by atoms with E-state index < -0.39 is 23.4 Å². The van der Waals surface area contributed by atoms with Crippen molar-refractivity contribution in [3.8, 4) is 0 Å². The number of benzene rings is 1. The predicted molar refractivity (Wildman–Crippen MR) is 43.1 cm³/mol. The van der Waals surface area contributed by atoms with Gasteiger partial charge in [-0.1, -0.05) is 0 Å². The second-order valence-electron chi connectivity index (χ2n) is 2.46. The molecule has 0 aliphatic carbocycles. The molecule has 74 valence electrons. The van der Waals surface area contributed by atoms with Crippen molar-refractivity contribution in [2.45, 2.75) is 0 Å². The van der Waals surface area contributed by atoms with Crippen molar-refractivity contribution in [2.75, 3.05) is 0 Å². The van der Waals surface area contributed by atoms with Gasteiger partial charge in [0, 0.05) is 11.6 Å². The minimum Gasteiger partial charge on any atom is -0.476 e. The highest BCUT2D eigenvalue weighted by Crippen LogP contribution is 2.13. The van der Waals surface area contributed by atoms with Crippen LogP contribution in [0.15, 0.2) is 24.0 Å². The smallest absolute Gasteiger partial charge is 0.364 e. The van der Waals surface area contributed by atoms with Gasteiger partial charge in [0.25, 0.3) is 0 Å². The lowest BCUT2D eigenvalue weighted by Crippen LogP contribution is -1.95. The Bertz CT molecular complexity index is 399. The van der Waals surface area contributed by atoms with Gasteiger partial charge in [-0.25, -0.2) is 13.6 Å². The number of carboxylic acid groups (broad SMARTS) is 1. The molecule has 0 heterocycles. The molecule has 5 heteroatoms. The molecular weight excluding hydrogens is 197 g/mol. The van der Waals surface area contributed by atoms with Gasteiger partial charge in [0.05, 0.1) is 0 Å². The maximum absolute atomic E-state index is 12.8. The second-order valence-corrected chi connectivity index (χ2v) is 2.46. The number of carboxylic acids is 1. The van der Waals surface area contributed by atoms with Gasteiger partial charge in [0.2, 0.25) is 5.83 Å². The van der Waals surface area contributed by atoms with Gasteiger partial charge >= 0.3 is 5.97 Å². The van der Waals surface area contributed by atoms with Crippen LogP contribution in [0.25, 0.3) is 6.08 Å². The van der Waals surface area contributed by atoms with Crippen LogP contribution in [0.4, 0.5) is 13.2 Å². The van der Waals surface area contributed by atoms with Gasteiger partial charge in [-0.15, -0.1) is 0 Å². The second kappa shape index (κ2) is 3.95. The van der Waals surface area contributed by atoms with E-state index in [0.29, 0.717) is 12.1 Å². The number of rotatable bonds is 2. The molecule has 1 aromatic carbocycles. The van der Waals surface area contributed by atoms with E-state index in [0.717, 1.165) is 12.1 Å². The van der Waals surface area contributed by atoms with E-state index in [1.54, 1.807) is 0 Å². The van der Waals surface area contributed by atoms with Crippen molar-refractivity contribution in [3.05, 3.63) is 41.2 Å². The van der Waals surface area contributed by atoms with E-state index in [1.807, 2.05) is 0 Å². The average Bonchev–Trinajstić information content (AvgIpc) is 2.09. The van der Waals surface area contributed by atoms with Crippen LogP contribution in [0, 0.1) is 11.6 Å². The molecule has 0 fully saturated rings. The van der Waals surface area contributed by atoms with Crippen molar-refractivity contribution in [3.63, 3.8) is 0 Å². The zero-order valence-corrected chi connectivity index (χ0v) is 6.80. The van der Waals surface area contributed by atoms with E-state index in [1.165, 1.54) is 0 Å². The van der Waals surface area contributed by atoms with E-state index in [4.69, 9.17) is 5.11 Å². The Morgan fingerprint density at radius 1 is 1.36 bits per heavy atom. The molecule has 0 radical (unpaired) electrons. The van der Waals surface area contributed by atoms with Crippen LogP contribution in [0.3, 0.4) is 0 Å². The molecule has 1 N–H and O–H groups in total. The fraction of sp³-hybridized carbons (Fsp3) is 0. The summed E-state index contributed by atoms with van der Waals surface area (Å²) in [6.45, 7) is 0. The van der Waals surface area contributed by atoms with Crippen molar-refractivity contribution in [1.29, 1.82) is 0 Å². The minimum atomic E-state index is -1.80. The van der Waals surface area contributed by atoms with E-state index in [-0.39, 0.29) is 5.56 Å². The van der Waals surface area contributed by atoms with Crippen molar-refractivity contribution in [2.24, 2.45) is 0 Å². The number of halogens is 3. The summed E-state index contributed by atoms with van der Waals surface area (Å²) in [6.07, 6.45) is 0.483. The summed E-state index contributed by atoms with van der Waals surface area (Å²) in [5.41, 5.74) is -0.314. The maximum atomic E-state index is 12.8. The molecule has 0 bridgehead atoms. The van der Waals surface area contributed by atoms with E-state index >= 15 is 0 Å². The zero-order chi connectivity index (χ0) is 10.7. The third kappa shape index (κ3) is 2.35. The first-order valence-corrected chi connectivity index (χ1v) is 3.56. The summed E-state index contributed by atoms with van der Waals surface area (Å²) in [4.78, 5) is 10.0. The van der Waals surface area contributed by atoms with Gasteiger partial charge in [-0.05, 0) is 18.2 Å². The van der Waals surface area contributed by atoms with Crippen LogP contribution in [0.1, 0.15) is 5.56 Å². The molecule has 0 unspecified atom stereocenters. The molecule has 0 aliphatic rings. The summed E-state index contributed by atoms with van der Waals surface area (Å²) in [5.74, 6) is -5.12. The van der Waals surface area contributed by atoms with Gasteiger partial charge in [-0.3, -0.25) is 0 Å². The standard InChI is InChI=1S/C9H5F3O2/c10-6-2-1-5(7(11)4-6)3-8(12)9(13)14/h1-4H,(H,13,14). The SMILES string of the molecule is O=C(O)C(F)=Cc1ccc(F)cc1F. The molecule has 0 saturated heterocycles. The third-order valence-corrected chi connectivity index (χ3v) is 1.45. The number of hydrogen-bond donors (Lipinski definition) is 1. The number of carbonyl (C=O) groups is 1. The van der Waals surface area contributed by atoms with E-state index in [2.05, 4.69) is 0 Å². The van der Waals surface area contributed by atoms with Crippen LogP contribution < -0.4 is 0 Å². The summed E-state index contributed by atoms with van der Waals surface area (Å²) in [7, 11) is 0. The zero-order valence-electron chi connectivity index (χ0n) is 6.80. The monoisotopic (exact) mass is 202 g/mol. The van der Waals surface area contributed by atoms with Crippen LogP contribution >= 0.6 is 0 Å². The molecule has 0 amide bonds. The quantitative estimate of drug-likeness (QED) is 0.747. The third-order valence-electron chi connectivity index (χ3n) is 1.45. The Labute approximate surface area is 77.3 Å². The van der Waals surface area contributed by atoms with Gasteiger partial charge in [0.15, 0.2) is 0 Å². The summed E-state index contributed by atoms with van der Waals surface area (Å²) >= 11 is 0. The normalized spacial score (nSPS) is 11.5. The predicted octanol–water partition coefficient (Wildman–Crippen LogP) is 2.36. The Kier molecular flexibility index (Phi) is 2.91. The number of aliphatic carboxylic acids is 1. The Balaban J connectivity index is 3.09. The van der Waals surface area contributed by atoms with Crippen LogP contribution in [-0.4, -0.2) is 11.1 Å². The van der Waals surface area contributed by atoms with Crippen molar-refractivity contribution >= 4 is 12.0 Å². The highest BCUT2D eigenvalue weighted by Gasteiger charge is 2.08. The molecule has 0 aromatic heterocycles. The summed E-state index contributed by atoms with van der Waals surface area (Å²) < 4.78 is 37.7. The molecule has 0 saturated carbocycles. The molecule has 0 atom stereocenters. The fourth-order valence-electron chi connectivity index (χ4n) is 0.817. The van der Waals surface area contributed by atoms with E-state index in [9.17, 15) is 18.0 Å². The van der Waals surface area contributed by atoms with Crippen LogP contribution in [0.2, 0.25) is 0 Å². The summed E-state index contributed by atoms with van der Waals surface area (Å²) in [5, 5.41) is 8.15. The highest BCUT2D eigenvalue weighted by atomic mass is 19.1. The Hall–Kier alpha value is -1.78. The van der Waals surface area contributed by atoms with Gasteiger partial charge in [-0.2, -0.15) is 4.39 Å². The molecule has 1 rings (SSSR count). The molecule has 0 aliphatic heterocycles. The van der Waals surface area contributed by atoms with Gasteiger partial charge in [0.1, 0.15) is 11.6 Å². The average molecular weight is 202 g/mol. The first-order chi connectivity index (χ1) is 6.50. The molecule has 1 aromatic rings. The first kappa shape index (κ1) is 10.3. The largest absolute Gasteiger partial charge is 0.476 e. The minimum absolute atomic E-state index is 0.314. The Morgan fingerprint density at radius 3 is 2.50 bits per heavy atom. The maximum Gasteiger partial charge on any atom is 0.364 e. The molecule has 0 spiro atoms. The van der Waals surface area contributed by atoms with Crippen LogP contribution in [-0.2, 0) is 4.79 Å². The van der Waals surface area contributed by atoms with Crippen LogP contribution in [0.5, 0.6) is 0 Å². The van der Waals surface area contributed by atoms with Crippen molar-refractivity contribution in [1.82, 2.24) is 0 Å². The molecule has 2 nitrogen and oxygen atoms in total. The lowest BCUT2D eigenvalue weighted by molar-refractivity contribution is -0.134. The molecular formula is C9H5F3O2. The van der Waals surface area contributed by atoms with Crippen molar-refractivity contribution < 1.29 is 23.1 Å². The highest BCUT2D eigenvalue weighted by molar-refractivity contribution is 5.89. The fourth-order valence-corrected chi connectivity index (χ4v) is 0.817. The lowest BCUT2D eigenvalue weighted by Gasteiger charge is -1.96. The number of hydrogen-bond acceptors (Lipinski definition) is 1. The topological polar surface area (TPSA) is 37.3 Å². The lowest BCUT2D eigenvalue weighted by atomic mass is 10.2. The molecule has 14 heavy (non-hydrogen) atoms. The van der Waals surface area contributed by atoms with Gasteiger partial charge < -0.3 is 5.11 Å². The first-order valence-electron chi connectivity index (χ1n) is 3.56. The summed E-state index contributed by atoms with van der Waals surface area (Å²) in [6, 6.07) is 2.40. The Morgan fingerprint density at radius 2 is 2.00 bits per heavy atom.